The molecule has 0 heterocycles. The van der Waals surface area contributed by atoms with Crippen molar-refractivity contribution in [3.05, 3.63) is 51.9 Å². The third-order valence-corrected chi connectivity index (χ3v) is 2.99. The maximum atomic E-state index is 13.0. The van der Waals surface area contributed by atoms with E-state index in [0.29, 0.717) is 5.69 Å². The molecule has 0 unspecified atom stereocenters. The molecule has 2 rings (SSSR count). The van der Waals surface area contributed by atoms with Crippen molar-refractivity contribution >= 4 is 39.7 Å². The van der Waals surface area contributed by atoms with Gasteiger partial charge in [0.1, 0.15) is 5.82 Å². The van der Waals surface area contributed by atoms with Crippen LogP contribution in [0.25, 0.3) is 0 Å². The zero-order chi connectivity index (χ0) is 11.5. The molecule has 0 saturated carbocycles. The van der Waals surface area contributed by atoms with Gasteiger partial charge in [0.25, 0.3) is 0 Å². The van der Waals surface area contributed by atoms with Crippen LogP contribution in [-0.4, -0.2) is 0 Å². The predicted molar refractivity (Wildman–Crippen MR) is 73.3 cm³/mol. The summed E-state index contributed by atoms with van der Waals surface area (Å²) in [5, 5.41) is 3.14. The fourth-order valence-electron chi connectivity index (χ4n) is 1.35. The number of benzene rings is 2. The molecule has 0 fully saturated rings. The molecule has 2 nitrogen and oxygen atoms in total. The lowest BCUT2D eigenvalue weighted by Crippen LogP contribution is -1.95. The van der Waals surface area contributed by atoms with Gasteiger partial charge < -0.3 is 11.1 Å². The second-order valence-corrected chi connectivity index (χ2v) is 4.54. The Morgan fingerprint density at radius 3 is 2.62 bits per heavy atom. The Labute approximate surface area is 107 Å². The van der Waals surface area contributed by atoms with Crippen molar-refractivity contribution in [3.63, 3.8) is 0 Å². The van der Waals surface area contributed by atoms with Crippen LogP contribution < -0.4 is 11.1 Å². The van der Waals surface area contributed by atoms with E-state index in [4.69, 9.17) is 5.73 Å². The summed E-state index contributed by atoms with van der Waals surface area (Å²) in [5.74, 6) is -0.254. The van der Waals surface area contributed by atoms with Crippen molar-refractivity contribution in [2.45, 2.75) is 0 Å². The van der Waals surface area contributed by atoms with E-state index in [1.54, 1.807) is 6.07 Å². The van der Waals surface area contributed by atoms with Gasteiger partial charge in [0.2, 0.25) is 0 Å². The average molecular weight is 328 g/mol. The SMILES string of the molecule is Nc1ccc(Nc2cccc(F)c2)c(I)c1. The molecule has 0 saturated heterocycles. The van der Waals surface area contributed by atoms with Crippen molar-refractivity contribution in [2.24, 2.45) is 0 Å². The van der Waals surface area contributed by atoms with Gasteiger partial charge in [-0.3, -0.25) is 0 Å². The molecule has 0 aliphatic heterocycles. The van der Waals surface area contributed by atoms with Crippen molar-refractivity contribution < 1.29 is 4.39 Å². The van der Waals surface area contributed by atoms with Gasteiger partial charge in [-0.1, -0.05) is 6.07 Å². The van der Waals surface area contributed by atoms with Crippen LogP contribution in [0.3, 0.4) is 0 Å². The molecule has 2 aromatic rings. The Morgan fingerprint density at radius 1 is 1.12 bits per heavy atom. The Morgan fingerprint density at radius 2 is 1.94 bits per heavy atom. The first-order valence-corrected chi connectivity index (χ1v) is 5.80. The van der Waals surface area contributed by atoms with E-state index in [0.717, 1.165) is 14.9 Å². The molecule has 0 radical (unpaired) electrons. The molecular formula is C12H10FIN2. The highest BCUT2D eigenvalue weighted by Crippen LogP contribution is 2.24. The van der Waals surface area contributed by atoms with E-state index in [1.165, 1.54) is 12.1 Å². The molecule has 82 valence electrons. The fourth-order valence-corrected chi connectivity index (χ4v) is 2.03. The monoisotopic (exact) mass is 328 g/mol. The highest BCUT2D eigenvalue weighted by Gasteiger charge is 2.01. The molecular weight excluding hydrogens is 318 g/mol. The summed E-state index contributed by atoms with van der Waals surface area (Å²) in [4.78, 5) is 0. The lowest BCUT2D eigenvalue weighted by molar-refractivity contribution is 0.628. The third kappa shape index (κ3) is 2.63. The minimum absolute atomic E-state index is 0.254. The summed E-state index contributed by atoms with van der Waals surface area (Å²) in [6, 6.07) is 11.9. The molecule has 0 bridgehead atoms. The van der Waals surface area contributed by atoms with Gasteiger partial charge in [0.15, 0.2) is 0 Å². The van der Waals surface area contributed by atoms with Crippen LogP contribution in [0, 0.1) is 9.39 Å². The van der Waals surface area contributed by atoms with Crippen LogP contribution in [0.15, 0.2) is 42.5 Å². The van der Waals surface area contributed by atoms with Crippen molar-refractivity contribution in [3.8, 4) is 0 Å². The summed E-state index contributed by atoms with van der Waals surface area (Å²) >= 11 is 2.19. The van der Waals surface area contributed by atoms with Crippen LogP contribution in [-0.2, 0) is 0 Å². The molecule has 3 N–H and O–H groups in total. The maximum absolute atomic E-state index is 13.0. The molecule has 0 spiro atoms. The normalized spacial score (nSPS) is 10.1. The van der Waals surface area contributed by atoms with Crippen LogP contribution in [0.2, 0.25) is 0 Å². The van der Waals surface area contributed by atoms with Gasteiger partial charge >= 0.3 is 0 Å². The Kier molecular flexibility index (Phi) is 3.28. The predicted octanol–water partition coefficient (Wildman–Crippen LogP) is 3.76. The first-order valence-electron chi connectivity index (χ1n) is 4.73. The van der Waals surface area contributed by atoms with E-state index in [1.807, 2.05) is 24.3 Å². The molecule has 16 heavy (non-hydrogen) atoms. The minimum atomic E-state index is -0.254. The van der Waals surface area contributed by atoms with E-state index in [-0.39, 0.29) is 5.82 Å². The fraction of sp³-hybridized carbons (Fsp3) is 0. The number of halogens is 2. The summed E-state index contributed by atoms with van der Waals surface area (Å²) in [7, 11) is 0. The number of nitrogen functional groups attached to an aromatic ring is 1. The average Bonchev–Trinajstić information content (AvgIpc) is 2.22. The van der Waals surface area contributed by atoms with Crippen LogP contribution in [0.1, 0.15) is 0 Å². The Balaban J connectivity index is 2.27. The standard InChI is InChI=1S/C12H10FIN2/c13-8-2-1-3-10(6-8)16-12-5-4-9(15)7-11(12)14/h1-7,16H,15H2. The summed E-state index contributed by atoms with van der Waals surface area (Å²) in [5.41, 5.74) is 8.01. The van der Waals surface area contributed by atoms with E-state index in [9.17, 15) is 4.39 Å². The van der Waals surface area contributed by atoms with Gasteiger partial charge in [-0.2, -0.15) is 0 Å². The van der Waals surface area contributed by atoms with E-state index < -0.39 is 0 Å². The topological polar surface area (TPSA) is 38.0 Å². The van der Waals surface area contributed by atoms with E-state index >= 15 is 0 Å². The first kappa shape index (κ1) is 11.2. The molecule has 2 aromatic carbocycles. The second kappa shape index (κ2) is 4.69. The van der Waals surface area contributed by atoms with Crippen molar-refractivity contribution in [2.75, 3.05) is 11.1 Å². The van der Waals surface area contributed by atoms with E-state index in [2.05, 4.69) is 27.9 Å². The smallest absolute Gasteiger partial charge is 0.125 e. The highest BCUT2D eigenvalue weighted by atomic mass is 127. The summed E-state index contributed by atoms with van der Waals surface area (Å²) in [6.45, 7) is 0. The quantitative estimate of drug-likeness (QED) is 0.651. The van der Waals surface area contributed by atoms with Crippen LogP contribution in [0.5, 0.6) is 0 Å². The number of rotatable bonds is 2. The van der Waals surface area contributed by atoms with Crippen molar-refractivity contribution in [1.29, 1.82) is 0 Å². The van der Waals surface area contributed by atoms with Crippen LogP contribution >= 0.6 is 22.6 Å². The largest absolute Gasteiger partial charge is 0.399 e. The maximum Gasteiger partial charge on any atom is 0.125 e. The molecule has 0 aromatic heterocycles. The zero-order valence-corrected chi connectivity index (χ0v) is 10.5. The number of nitrogens with one attached hydrogen (secondary N) is 1. The lowest BCUT2D eigenvalue weighted by atomic mass is 10.2. The highest BCUT2D eigenvalue weighted by molar-refractivity contribution is 14.1. The minimum Gasteiger partial charge on any atom is -0.399 e. The van der Waals surface area contributed by atoms with Gasteiger partial charge in [0, 0.05) is 14.9 Å². The molecule has 4 heteroatoms. The number of hydrogen-bond donors (Lipinski definition) is 2. The second-order valence-electron chi connectivity index (χ2n) is 3.37. The van der Waals surface area contributed by atoms with Crippen molar-refractivity contribution in [1.82, 2.24) is 0 Å². The van der Waals surface area contributed by atoms with Crippen LogP contribution in [0.4, 0.5) is 21.5 Å². The zero-order valence-electron chi connectivity index (χ0n) is 8.37. The molecule has 0 atom stereocenters. The molecule has 0 aliphatic carbocycles. The third-order valence-electron chi connectivity index (χ3n) is 2.10. The van der Waals surface area contributed by atoms with Gasteiger partial charge in [-0.05, 0) is 59.0 Å². The first-order chi connectivity index (χ1) is 7.65. The summed E-state index contributed by atoms with van der Waals surface area (Å²) in [6.07, 6.45) is 0. The Bertz CT molecular complexity index is 514. The lowest BCUT2D eigenvalue weighted by Gasteiger charge is -2.09. The number of hydrogen-bond acceptors (Lipinski definition) is 2. The number of anilines is 3. The summed E-state index contributed by atoms with van der Waals surface area (Å²) < 4.78 is 14.0. The molecule has 0 amide bonds. The van der Waals surface area contributed by atoms with Gasteiger partial charge in [-0.25, -0.2) is 4.39 Å². The van der Waals surface area contributed by atoms with Gasteiger partial charge in [-0.15, -0.1) is 0 Å². The Hall–Kier alpha value is -1.30. The molecule has 0 aliphatic rings. The van der Waals surface area contributed by atoms with Gasteiger partial charge in [0.05, 0.1) is 5.69 Å². The number of nitrogens with two attached hydrogens (primary N) is 1.